The molecule has 2 aromatic rings. The first-order valence-corrected chi connectivity index (χ1v) is 22.9. The highest BCUT2D eigenvalue weighted by Crippen LogP contribution is 2.38. The molecule has 12 nitrogen and oxygen atoms in total. The van der Waals surface area contributed by atoms with E-state index >= 15 is 0 Å². The first-order chi connectivity index (χ1) is 26.9. The van der Waals surface area contributed by atoms with Crippen LogP contribution in [-0.4, -0.2) is 81.6 Å². The van der Waals surface area contributed by atoms with Gasteiger partial charge in [0.1, 0.15) is 12.4 Å². The summed E-state index contributed by atoms with van der Waals surface area (Å²) in [6.07, 6.45) is 9.25. The lowest BCUT2D eigenvalue weighted by molar-refractivity contribution is 0.0737. The smallest absolute Gasteiger partial charge is 0.411 e. The van der Waals surface area contributed by atoms with Crippen LogP contribution in [0.4, 0.5) is 16.2 Å². The molecule has 0 saturated carbocycles. The minimum atomic E-state index is -2.05. The maximum absolute atomic E-state index is 14.2. The van der Waals surface area contributed by atoms with Crippen LogP contribution >= 0.6 is 0 Å². The number of unbranched alkanes of at least 4 members (excludes halogenated alkanes) is 2. The maximum atomic E-state index is 14.2. The Bertz CT molecular complexity index is 1850. The summed E-state index contributed by atoms with van der Waals surface area (Å²) in [6, 6.07) is 6.71. The first-order valence-electron chi connectivity index (χ1n) is 20.0. The molecule has 2 aliphatic rings. The number of anilines is 2. The molecule has 4 rings (SSSR count). The van der Waals surface area contributed by atoms with Crippen LogP contribution in [0.25, 0.3) is 0 Å². The maximum Gasteiger partial charge on any atom is 0.411 e. The average Bonchev–Trinajstić information content (AvgIpc) is 3.73. The van der Waals surface area contributed by atoms with Crippen LogP contribution in [0.15, 0.2) is 60.5 Å². The number of methoxy groups -OCH3 is 1. The van der Waals surface area contributed by atoms with Crippen molar-refractivity contribution in [3.63, 3.8) is 0 Å². The molecule has 2 heterocycles. The SMILES string of the molecule is C=CCOC(=O)Nc1cc(OCCCCCOc2cc(N)c(C(=O)N3C=C(C)C[C@H]3CC)cc2OC)c(C)cc1C(=O)N1C=C(C)CC1CO[Si](C)(C)C(C)(C)C. The van der Waals surface area contributed by atoms with Crippen molar-refractivity contribution in [2.24, 2.45) is 0 Å². The number of benzene rings is 2. The number of hydrogen-bond donors (Lipinski definition) is 2. The summed E-state index contributed by atoms with van der Waals surface area (Å²) in [5.74, 6) is 1.09. The van der Waals surface area contributed by atoms with Crippen molar-refractivity contribution in [3.05, 3.63) is 77.2 Å². The van der Waals surface area contributed by atoms with Crippen molar-refractivity contribution >= 4 is 37.6 Å². The van der Waals surface area contributed by atoms with Gasteiger partial charge >= 0.3 is 6.09 Å². The Morgan fingerprint density at radius 3 is 2.07 bits per heavy atom. The van der Waals surface area contributed by atoms with E-state index in [1.165, 1.54) is 6.08 Å². The molecule has 2 aliphatic heterocycles. The van der Waals surface area contributed by atoms with Gasteiger partial charge < -0.3 is 38.9 Å². The number of hydrogen-bond acceptors (Lipinski definition) is 9. The Labute approximate surface area is 340 Å². The van der Waals surface area contributed by atoms with Gasteiger partial charge in [-0.3, -0.25) is 14.9 Å². The van der Waals surface area contributed by atoms with E-state index in [4.69, 9.17) is 29.1 Å². The number of amides is 3. The third kappa shape index (κ3) is 11.4. The van der Waals surface area contributed by atoms with Gasteiger partial charge in [-0.15, -0.1) is 0 Å². The van der Waals surface area contributed by atoms with Crippen LogP contribution in [-0.2, 0) is 9.16 Å². The molecule has 0 saturated heterocycles. The number of nitrogens with two attached hydrogens (primary N) is 1. The lowest BCUT2D eigenvalue weighted by Crippen LogP contribution is -2.45. The minimum absolute atomic E-state index is 0.0237. The molecule has 0 spiro atoms. The summed E-state index contributed by atoms with van der Waals surface area (Å²) >= 11 is 0. The number of carbonyl (C=O) groups excluding carboxylic acids is 3. The molecule has 1 unspecified atom stereocenters. The number of carbonyl (C=O) groups is 3. The van der Waals surface area contributed by atoms with Gasteiger partial charge in [-0.2, -0.15) is 0 Å². The van der Waals surface area contributed by atoms with Crippen LogP contribution in [0.3, 0.4) is 0 Å². The fraction of sp³-hybridized carbons (Fsp3) is 0.523. The minimum Gasteiger partial charge on any atom is -0.493 e. The summed E-state index contributed by atoms with van der Waals surface area (Å²) in [4.78, 5) is 43.8. The topological polar surface area (TPSA) is 142 Å². The highest BCUT2D eigenvalue weighted by Gasteiger charge is 2.39. The monoisotopic (exact) mass is 804 g/mol. The summed E-state index contributed by atoms with van der Waals surface area (Å²) in [5.41, 5.74) is 10.7. The zero-order chi connectivity index (χ0) is 42.1. The Kier molecular flexibility index (Phi) is 15.5. The Morgan fingerprint density at radius 1 is 0.877 bits per heavy atom. The van der Waals surface area contributed by atoms with Gasteiger partial charge in [-0.1, -0.05) is 51.5 Å². The second-order valence-electron chi connectivity index (χ2n) is 16.6. The normalized spacial score (nSPS) is 16.9. The van der Waals surface area contributed by atoms with E-state index in [9.17, 15) is 14.4 Å². The number of nitrogens with zero attached hydrogens (tertiary/aromatic N) is 2. The van der Waals surface area contributed by atoms with Gasteiger partial charge in [-0.05, 0) is 95.1 Å². The molecule has 2 aromatic carbocycles. The summed E-state index contributed by atoms with van der Waals surface area (Å²) in [5, 5.41) is 2.79. The predicted octanol–water partition coefficient (Wildman–Crippen LogP) is 9.62. The van der Waals surface area contributed by atoms with Gasteiger partial charge in [0.25, 0.3) is 11.8 Å². The van der Waals surface area contributed by atoms with Gasteiger partial charge in [0.05, 0.1) is 49.8 Å². The molecular formula is C44H64N4O8Si. The van der Waals surface area contributed by atoms with E-state index in [0.29, 0.717) is 66.0 Å². The molecule has 3 N–H and O–H groups in total. The second-order valence-corrected chi connectivity index (χ2v) is 21.4. The number of nitrogen functional groups attached to an aromatic ring is 1. The molecule has 0 aromatic heterocycles. The summed E-state index contributed by atoms with van der Waals surface area (Å²) in [7, 11) is -0.506. The summed E-state index contributed by atoms with van der Waals surface area (Å²) < 4.78 is 29.5. The second kappa shape index (κ2) is 19.6. The van der Waals surface area contributed by atoms with Crippen LogP contribution in [0.2, 0.25) is 18.1 Å². The number of aryl methyl sites for hydroxylation is 1. The van der Waals surface area contributed by atoms with E-state index in [-0.39, 0.29) is 35.5 Å². The van der Waals surface area contributed by atoms with Crippen molar-refractivity contribution in [1.29, 1.82) is 0 Å². The molecule has 0 fully saturated rings. The molecule has 2 atom stereocenters. The quantitative estimate of drug-likeness (QED) is 0.0652. The van der Waals surface area contributed by atoms with E-state index in [2.05, 4.69) is 52.7 Å². The fourth-order valence-electron chi connectivity index (χ4n) is 6.64. The van der Waals surface area contributed by atoms with Crippen molar-refractivity contribution in [3.8, 4) is 17.2 Å². The van der Waals surface area contributed by atoms with Crippen molar-refractivity contribution in [2.45, 2.75) is 117 Å². The third-order valence-electron chi connectivity index (χ3n) is 11.0. The molecule has 0 bridgehead atoms. The standard InChI is InChI=1S/C44H64N4O8Si/c1-12-17-55-43(51)46-37-25-38(31(5)22-35(37)42(50)48-27-30(4)21-33(48)28-56-57(10,11)44(6,7)8)53-18-15-14-16-19-54-40-24-36(45)34(23-39(40)52-9)41(49)47-26-29(3)20-32(47)13-2/h12,22-27,32-33H,1,13-21,28,45H2,2-11H3,(H,46,51)/t32-,33?/m1/s1. The molecular weight excluding hydrogens is 741 g/mol. The molecule has 3 amide bonds. The Hall–Kier alpha value is -4.75. The van der Waals surface area contributed by atoms with E-state index in [1.54, 1.807) is 41.2 Å². The highest BCUT2D eigenvalue weighted by molar-refractivity contribution is 6.74. The van der Waals surface area contributed by atoms with Crippen molar-refractivity contribution in [1.82, 2.24) is 9.80 Å². The van der Waals surface area contributed by atoms with Crippen LogP contribution < -0.4 is 25.3 Å². The number of rotatable bonds is 18. The molecule has 0 aliphatic carbocycles. The number of nitrogens with one attached hydrogen (secondary N) is 1. The molecule has 13 heteroatoms. The predicted molar refractivity (Wildman–Crippen MR) is 229 cm³/mol. The van der Waals surface area contributed by atoms with E-state index in [1.807, 2.05) is 33.2 Å². The average molecular weight is 805 g/mol. The Morgan fingerprint density at radius 2 is 1.47 bits per heavy atom. The molecule has 0 radical (unpaired) electrons. The highest BCUT2D eigenvalue weighted by atomic mass is 28.4. The largest absolute Gasteiger partial charge is 0.493 e. The molecule has 312 valence electrons. The number of ether oxygens (including phenoxy) is 4. The van der Waals surface area contributed by atoms with Crippen LogP contribution in [0.5, 0.6) is 17.2 Å². The van der Waals surface area contributed by atoms with Crippen LogP contribution in [0.1, 0.15) is 106 Å². The van der Waals surface area contributed by atoms with Crippen molar-refractivity contribution in [2.75, 3.05) is 44.6 Å². The summed E-state index contributed by atoms with van der Waals surface area (Å²) in [6.45, 7) is 23.9. The van der Waals surface area contributed by atoms with E-state index < -0.39 is 14.4 Å². The van der Waals surface area contributed by atoms with E-state index in [0.717, 1.165) is 48.8 Å². The first kappa shape index (κ1) is 45.0. The van der Waals surface area contributed by atoms with Gasteiger partial charge in [-0.25, -0.2) is 4.79 Å². The molecule has 57 heavy (non-hydrogen) atoms. The Balaban J connectivity index is 1.37. The lowest BCUT2D eigenvalue weighted by Gasteiger charge is -2.38. The zero-order valence-corrected chi connectivity index (χ0v) is 36.7. The van der Waals surface area contributed by atoms with Gasteiger partial charge in [0.15, 0.2) is 19.8 Å². The third-order valence-corrected chi connectivity index (χ3v) is 15.5. The lowest BCUT2D eigenvalue weighted by atomic mass is 10.1. The van der Waals surface area contributed by atoms with Gasteiger partial charge in [0.2, 0.25) is 0 Å². The van der Waals surface area contributed by atoms with Crippen molar-refractivity contribution < 1.29 is 37.8 Å². The fourth-order valence-corrected chi connectivity index (χ4v) is 7.68. The van der Waals surface area contributed by atoms with Gasteiger partial charge in [0, 0.05) is 36.3 Å². The van der Waals surface area contributed by atoms with Crippen LogP contribution in [0, 0.1) is 6.92 Å². The zero-order valence-electron chi connectivity index (χ0n) is 35.7.